The Labute approximate surface area is 195 Å². The zero-order chi connectivity index (χ0) is 24.6. The number of halogens is 2. The quantitative estimate of drug-likeness (QED) is 0.470. The molecule has 34 heavy (non-hydrogen) atoms. The van der Waals surface area contributed by atoms with Crippen molar-refractivity contribution >= 4 is 22.6 Å². The Morgan fingerprint density at radius 2 is 1.94 bits per heavy atom. The van der Waals surface area contributed by atoms with E-state index in [0.717, 1.165) is 23.6 Å². The number of aromatic nitrogens is 2. The van der Waals surface area contributed by atoms with E-state index < -0.39 is 17.2 Å². The lowest BCUT2D eigenvalue weighted by molar-refractivity contribution is -0.125. The molecule has 1 amide bonds. The number of hydrogen-bond donors (Lipinski definition) is 1. The molecule has 0 bridgehead atoms. The number of fused-ring (bicyclic) bond motifs is 1. The lowest BCUT2D eigenvalue weighted by Gasteiger charge is -2.17. The molecule has 0 spiro atoms. The van der Waals surface area contributed by atoms with Crippen molar-refractivity contribution in [1.82, 2.24) is 14.5 Å². The molecule has 1 atom stereocenters. The van der Waals surface area contributed by atoms with Gasteiger partial charge in [0, 0.05) is 31.5 Å². The molecule has 3 heterocycles. The number of rotatable bonds is 4. The standard InChI is InChI=1S/C25H24F2N4O3/c1-5-20(32)30-9-8-16(13-30)31-12-15(21-24(31)14(2)11-29-25(21)28)6-7-17-22(26)18(33-3)10-19(34-4)23(17)27/h5,10-12,16H,1,8-9,13H2,2-4H3,(H2,28,29). The summed E-state index contributed by atoms with van der Waals surface area (Å²) in [6.07, 6.45) is 5.49. The minimum atomic E-state index is -0.923. The van der Waals surface area contributed by atoms with Crippen molar-refractivity contribution in [1.29, 1.82) is 0 Å². The van der Waals surface area contributed by atoms with Crippen LogP contribution in [0.1, 0.15) is 29.2 Å². The molecule has 1 aliphatic heterocycles. The maximum atomic E-state index is 14.8. The van der Waals surface area contributed by atoms with Crippen molar-refractivity contribution in [3.8, 4) is 23.3 Å². The number of ether oxygens (including phenoxy) is 2. The van der Waals surface area contributed by atoms with Crippen LogP contribution in [0, 0.1) is 30.4 Å². The zero-order valence-corrected chi connectivity index (χ0v) is 19.1. The van der Waals surface area contributed by atoms with Crippen LogP contribution in [0.15, 0.2) is 31.1 Å². The minimum Gasteiger partial charge on any atom is -0.493 e. The Bertz CT molecular complexity index is 1340. The highest BCUT2D eigenvalue weighted by Gasteiger charge is 2.28. The number of likely N-dealkylation sites (tertiary alicyclic amines) is 1. The molecular weight excluding hydrogens is 442 g/mol. The van der Waals surface area contributed by atoms with Crippen molar-refractivity contribution in [2.24, 2.45) is 0 Å². The van der Waals surface area contributed by atoms with Crippen LogP contribution in [0.3, 0.4) is 0 Å². The Morgan fingerprint density at radius 3 is 2.56 bits per heavy atom. The SMILES string of the molecule is C=CC(=O)N1CCC(n2cc(C#Cc3c(F)c(OC)cc(OC)c3F)c3c(N)ncc(C)c32)C1. The van der Waals surface area contributed by atoms with Gasteiger partial charge in [0.05, 0.1) is 36.7 Å². The van der Waals surface area contributed by atoms with E-state index in [1.54, 1.807) is 17.3 Å². The molecule has 1 aromatic carbocycles. The molecular formula is C25H24F2N4O3. The van der Waals surface area contributed by atoms with E-state index in [1.165, 1.54) is 20.3 Å². The van der Waals surface area contributed by atoms with Crippen molar-refractivity contribution in [3.63, 3.8) is 0 Å². The second kappa shape index (κ2) is 9.06. The number of benzene rings is 1. The highest BCUT2D eigenvalue weighted by Crippen LogP contribution is 2.34. The summed E-state index contributed by atoms with van der Waals surface area (Å²) in [6, 6.07) is 1.11. The van der Waals surface area contributed by atoms with Crippen LogP contribution in [-0.2, 0) is 4.79 Å². The van der Waals surface area contributed by atoms with E-state index in [2.05, 4.69) is 23.4 Å². The Morgan fingerprint density at radius 1 is 1.26 bits per heavy atom. The number of aryl methyl sites for hydroxylation is 1. The van der Waals surface area contributed by atoms with Gasteiger partial charge >= 0.3 is 0 Å². The average molecular weight is 466 g/mol. The number of carbonyl (C=O) groups excluding carboxylic acids is 1. The van der Waals surface area contributed by atoms with Crippen LogP contribution in [0.25, 0.3) is 10.9 Å². The number of nitrogens with two attached hydrogens (primary N) is 1. The maximum absolute atomic E-state index is 14.8. The molecule has 2 aromatic heterocycles. The highest BCUT2D eigenvalue weighted by atomic mass is 19.1. The molecule has 0 saturated carbocycles. The monoisotopic (exact) mass is 466 g/mol. The van der Waals surface area contributed by atoms with E-state index in [4.69, 9.17) is 15.2 Å². The molecule has 0 aliphatic carbocycles. The van der Waals surface area contributed by atoms with Crippen LogP contribution in [0.2, 0.25) is 0 Å². The molecule has 3 aromatic rings. The number of pyridine rings is 1. The zero-order valence-electron chi connectivity index (χ0n) is 19.1. The van der Waals surface area contributed by atoms with Gasteiger partial charge in [0.1, 0.15) is 11.4 Å². The van der Waals surface area contributed by atoms with Crippen molar-refractivity contribution < 1.29 is 23.0 Å². The third-order valence-electron chi connectivity index (χ3n) is 6.00. The molecule has 176 valence electrons. The largest absolute Gasteiger partial charge is 0.493 e. The van der Waals surface area contributed by atoms with Gasteiger partial charge in [-0.05, 0) is 25.0 Å². The molecule has 4 rings (SSSR count). The second-order valence-corrected chi connectivity index (χ2v) is 7.97. The smallest absolute Gasteiger partial charge is 0.246 e. The van der Waals surface area contributed by atoms with Gasteiger partial charge in [-0.15, -0.1) is 0 Å². The molecule has 1 saturated heterocycles. The summed E-state index contributed by atoms with van der Waals surface area (Å²) < 4.78 is 41.6. The minimum absolute atomic E-state index is 0.0205. The van der Waals surface area contributed by atoms with Gasteiger partial charge in [-0.25, -0.2) is 13.8 Å². The summed E-state index contributed by atoms with van der Waals surface area (Å²) in [4.78, 5) is 18.0. The molecule has 9 heteroatoms. The molecule has 2 N–H and O–H groups in total. The summed E-state index contributed by atoms with van der Waals surface area (Å²) in [5.41, 5.74) is 7.88. The fourth-order valence-electron chi connectivity index (χ4n) is 4.28. The topological polar surface area (TPSA) is 82.6 Å². The summed E-state index contributed by atoms with van der Waals surface area (Å²) >= 11 is 0. The number of nitrogens with zero attached hydrogens (tertiary/aromatic N) is 3. The third kappa shape index (κ3) is 3.81. The number of carbonyl (C=O) groups is 1. The fourth-order valence-corrected chi connectivity index (χ4v) is 4.28. The predicted octanol–water partition coefficient (Wildman–Crippen LogP) is 3.58. The third-order valence-corrected chi connectivity index (χ3v) is 6.00. The molecule has 1 aliphatic rings. The van der Waals surface area contributed by atoms with E-state index in [9.17, 15) is 13.6 Å². The van der Waals surface area contributed by atoms with E-state index in [0.29, 0.717) is 24.0 Å². The van der Waals surface area contributed by atoms with Gasteiger partial charge in [0.2, 0.25) is 5.91 Å². The highest BCUT2D eigenvalue weighted by molar-refractivity contribution is 5.97. The van der Waals surface area contributed by atoms with Crippen LogP contribution < -0.4 is 15.2 Å². The molecule has 1 fully saturated rings. The van der Waals surface area contributed by atoms with Gasteiger partial charge in [-0.1, -0.05) is 18.4 Å². The van der Waals surface area contributed by atoms with Gasteiger partial charge in [0.15, 0.2) is 23.1 Å². The normalized spacial score (nSPS) is 15.2. The van der Waals surface area contributed by atoms with Crippen LogP contribution >= 0.6 is 0 Å². The summed E-state index contributed by atoms with van der Waals surface area (Å²) in [6.45, 7) is 6.55. The van der Waals surface area contributed by atoms with Crippen LogP contribution in [0.5, 0.6) is 11.5 Å². The maximum Gasteiger partial charge on any atom is 0.246 e. The number of anilines is 1. The first-order valence-electron chi connectivity index (χ1n) is 10.6. The molecule has 7 nitrogen and oxygen atoms in total. The molecule has 0 radical (unpaired) electrons. The summed E-state index contributed by atoms with van der Waals surface area (Å²) in [5, 5.41) is 0.594. The Hall–Kier alpha value is -4.06. The number of nitrogen functional groups attached to an aromatic ring is 1. The molecule has 1 unspecified atom stereocenters. The number of methoxy groups -OCH3 is 2. The van der Waals surface area contributed by atoms with E-state index in [-0.39, 0.29) is 29.3 Å². The lowest BCUT2D eigenvalue weighted by Crippen LogP contribution is -2.27. The fraction of sp³-hybridized carbons (Fsp3) is 0.280. The van der Waals surface area contributed by atoms with Crippen LogP contribution in [-0.4, -0.2) is 47.7 Å². The first-order valence-corrected chi connectivity index (χ1v) is 10.6. The Balaban J connectivity index is 1.86. The first-order chi connectivity index (χ1) is 16.3. The Kier molecular flexibility index (Phi) is 6.16. The van der Waals surface area contributed by atoms with E-state index in [1.807, 2.05) is 11.5 Å². The number of amides is 1. The predicted molar refractivity (Wildman–Crippen MR) is 125 cm³/mol. The van der Waals surface area contributed by atoms with Gasteiger partial charge in [0.25, 0.3) is 0 Å². The van der Waals surface area contributed by atoms with Crippen LogP contribution in [0.4, 0.5) is 14.6 Å². The summed E-state index contributed by atoms with van der Waals surface area (Å²) in [7, 11) is 2.55. The van der Waals surface area contributed by atoms with Crippen molar-refractivity contribution in [2.75, 3.05) is 33.0 Å². The van der Waals surface area contributed by atoms with Gasteiger partial charge < -0.3 is 24.7 Å². The first kappa shape index (κ1) is 23.1. The van der Waals surface area contributed by atoms with E-state index >= 15 is 0 Å². The van der Waals surface area contributed by atoms with Gasteiger partial charge in [-0.3, -0.25) is 4.79 Å². The lowest BCUT2D eigenvalue weighted by atomic mass is 10.1. The summed E-state index contributed by atoms with van der Waals surface area (Å²) in [5.74, 6) is 3.38. The number of hydrogen-bond acceptors (Lipinski definition) is 5. The second-order valence-electron chi connectivity index (χ2n) is 7.97. The van der Waals surface area contributed by atoms with Gasteiger partial charge in [-0.2, -0.15) is 0 Å². The van der Waals surface area contributed by atoms with Crippen molar-refractivity contribution in [3.05, 3.63) is 59.4 Å². The van der Waals surface area contributed by atoms with Crippen molar-refractivity contribution in [2.45, 2.75) is 19.4 Å². The average Bonchev–Trinajstić information content (AvgIpc) is 3.47.